The number of aromatic nitrogens is 1. The normalized spacial score (nSPS) is 11.1. The van der Waals surface area contributed by atoms with Crippen LogP contribution in [0.3, 0.4) is 0 Å². The largest absolute Gasteiger partial charge is 0.319 e. The molecule has 0 aliphatic carbocycles. The summed E-state index contributed by atoms with van der Waals surface area (Å²) < 4.78 is 0. The molecule has 0 spiro atoms. The SMILES string of the molecule is CNCCc1cc2cc(Cl)cc(C)c2nc1C. The highest BCUT2D eigenvalue weighted by Gasteiger charge is 2.06. The molecule has 0 radical (unpaired) electrons. The molecule has 3 heteroatoms. The lowest BCUT2D eigenvalue weighted by atomic mass is 10.0. The number of aryl methyl sites for hydroxylation is 2. The predicted octanol–water partition coefficient (Wildman–Crippen LogP) is 3.27. The van der Waals surface area contributed by atoms with Crippen LogP contribution in [0.2, 0.25) is 5.02 Å². The van der Waals surface area contributed by atoms with E-state index in [-0.39, 0.29) is 0 Å². The molecule has 0 saturated carbocycles. The Balaban J connectivity index is 2.55. The first-order chi connectivity index (χ1) is 8.11. The number of nitrogens with one attached hydrogen (secondary N) is 1. The maximum absolute atomic E-state index is 6.08. The number of hydrogen-bond donors (Lipinski definition) is 1. The van der Waals surface area contributed by atoms with E-state index in [1.165, 1.54) is 5.56 Å². The van der Waals surface area contributed by atoms with Gasteiger partial charge in [0.25, 0.3) is 0 Å². The highest BCUT2D eigenvalue weighted by molar-refractivity contribution is 6.31. The fourth-order valence-electron chi connectivity index (χ4n) is 2.07. The van der Waals surface area contributed by atoms with Crippen molar-refractivity contribution >= 4 is 22.5 Å². The molecule has 0 unspecified atom stereocenters. The predicted molar refractivity (Wildman–Crippen MR) is 73.9 cm³/mol. The molecule has 0 aliphatic rings. The smallest absolute Gasteiger partial charge is 0.0735 e. The van der Waals surface area contributed by atoms with Crippen LogP contribution in [0.25, 0.3) is 10.9 Å². The molecule has 0 amide bonds. The number of likely N-dealkylation sites (N-methyl/N-ethyl adjacent to an activating group) is 1. The Morgan fingerprint density at radius 1 is 1.24 bits per heavy atom. The number of pyridine rings is 1. The van der Waals surface area contributed by atoms with Gasteiger partial charge in [0.2, 0.25) is 0 Å². The second-order valence-corrected chi connectivity index (χ2v) is 4.82. The first-order valence-electron chi connectivity index (χ1n) is 5.83. The van der Waals surface area contributed by atoms with Gasteiger partial charge in [-0.15, -0.1) is 0 Å². The summed E-state index contributed by atoms with van der Waals surface area (Å²) in [5.74, 6) is 0. The summed E-state index contributed by atoms with van der Waals surface area (Å²) in [6.45, 7) is 5.08. The maximum atomic E-state index is 6.08. The third-order valence-corrected chi connectivity index (χ3v) is 3.23. The first-order valence-corrected chi connectivity index (χ1v) is 6.20. The third-order valence-electron chi connectivity index (χ3n) is 3.01. The summed E-state index contributed by atoms with van der Waals surface area (Å²) in [5.41, 5.74) is 4.59. The zero-order chi connectivity index (χ0) is 12.4. The highest BCUT2D eigenvalue weighted by atomic mass is 35.5. The standard InChI is InChI=1S/C14H17ClN2/c1-9-6-13(15)8-12-7-11(4-5-16-3)10(2)17-14(9)12/h6-8,16H,4-5H2,1-3H3. The van der Waals surface area contributed by atoms with Gasteiger partial charge in [0.05, 0.1) is 5.52 Å². The van der Waals surface area contributed by atoms with Gasteiger partial charge < -0.3 is 5.32 Å². The van der Waals surface area contributed by atoms with Gasteiger partial charge in [-0.1, -0.05) is 11.6 Å². The molecule has 0 bridgehead atoms. The number of fused-ring (bicyclic) bond motifs is 1. The lowest BCUT2D eigenvalue weighted by Crippen LogP contribution is -2.11. The Kier molecular flexibility index (Phi) is 3.65. The van der Waals surface area contributed by atoms with Crippen molar-refractivity contribution in [2.75, 3.05) is 13.6 Å². The van der Waals surface area contributed by atoms with Crippen LogP contribution in [0.15, 0.2) is 18.2 Å². The summed E-state index contributed by atoms with van der Waals surface area (Å²) in [6.07, 6.45) is 0.997. The summed E-state index contributed by atoms with van der Waals surface area (Å²) >= 11 is 6.08. The van der Waals surface area contributed by atoms with E-state index in [2.05, 4.69) is 23.3 Å². The summed E-state index contributed by atoms with van der Waals surface area (Å²) in [4.78, 5) is 4.68. The van der Waals surface area contributed by atoms with Crippen molar-refractivity contribution in [3.05, 3.63) is 40.0 Å². The van der Waals surface area contributed by atoms with Crippen molar-refractivity contribution in [2.24, 2.45) is 0 Å². The summed E-state index contributed by atoms with van der Waals surface area (Å²) in [5, 5.41) is 5.07. The van der Waals surface area contributed by atoms with Crippen molar-refractivity contribution in [3.8, 4) is 0 Å². The van der Waals surface area contributed by atoms with Crippen molar-refractivity contribution < 1.29 is 0 Å². The number of halogens is 1. The lowest BCUT2D eigenvalue weighted by Gasteiger charge is -2.09. The van der Waals surface area contributed by atoms with Crippen LogP contribution in [-0.4, -0.2) is 18.6 Å². The van der Waals surface area contributed by atoms with E-state index in [4.69, 9.17) is 11.6 Å². The van der Waals surface area contributed by atoms with E-state index in [1.54, 1.807) is 0 Å². The van der Waals surface area contributed by atoms with Gasteiger partial charge in [-0.2, -0.15) is 0 Å². The number of hydrogen-bond acceptors (Lipinski definition) is 2. The molecule has 0 fully saturated rings. The van der Waals surface area contributed by atoms with Gasteiger partial charge in [-0.05, 0) is 63.2 Å². The maximum Gasteiger partial charge on any atom is 0.0735 e. The lowest BCUT2D eigenvalue weighted by molar-refractivity contribution is 0.786. The van der Waals surface area contributed by atoms with Crippen molar-refractivity contribution in [2.45, 2.75) is 20.3 Å². The van der Waals surface area contributed by atoms with Crippen LogP contribution in [0.4, 0.5) is 0 Å². The Bertz CT molecular complexity index is 549. The molecule has 2 nitrogen and oxygen atoms in total. The fourth-order valence-corrected chi connectivity index (χ4v) is 2.35. The van der Waals surface area contributed by atoms with Gasteiger partial charge in [-0.3, -0.25) is 4.98 Å². The number of benzene rings is 1. The third kappa shape index (κ3) is 2.59. The van der Waals surface area contributed by atoms with E-state index in [1.807, 2.05) is 26.1 Å². The quantitative estimate of drug-likeness (QED) is 0.902. The molecule has 2 aromatic rings. The Labute approximate surface area is 107 Å². The van der Waals surface area contributed by atoms with Gasteiger partial charge in [0.1, 0.15) is 0 Å². The molecule has 1 aromatic heterocycles. The minimum Gasteiger partial charge on any atom is -0.319 e. The molecule has 1 aromatic carbocycles. The zero-order valence-corrected chi connectivity index (χ0v) is 11.2. The van der Waals surface area contributed by atoms with Crippen LogP contribution in [-0.2, 0) is 6.42 Å². The van der Waals surface area contributed by atoms with Crippen molar-refractivity contribution in [1.29, 1.82) is 0 Å². The fraction of sp³-hybridized carbons (Fsp3) is 0.357. The van der Waals surface area contributed by atoms with E-state index in [0.29, 0.717) is 0 Å². The first kappa shape index (κ1) is 12.3. The average Bonchev–Trinajstić information content (AvgIpc) is 2.27. The Morgan fingerprint density at radius 2 is 2.00 bits per heavy atom. The van der Waals surface area contributed by atoms with E-state index in [9.17, 15) is 0 Å². The molecule has 90 valence electrons. The molecule has 2 rings (SSSR count). The Morgan fingerprint density at radius 3 is 2.71 bits per heavy atom. The second-order valence-electron chi connectivity index (χ2n) is 4.38. The van der Waals surface area contributed by atoms with E-state index in [0.717, 1.165) is 40.1 Å². The van der Waals surface area contributed by atoms with Crippen LogP contribution in [0, 0.1) is 13.8 Å². The van der Waals surface area contributed by atoms with Gasteiger partial charge in [-0.25, -0.2) is 0 Å². The zero-order valence-electron chi connectivity index (χ0n) is 10.5. The van der Waals surface area contributed by atoms with Gasteiger partial charge >= 0.3 is 0 Å². The van der Waals surface area contributed by atoms with Crippen LogP contribution in [0.5, 0.6) is 0 Å². The molecular formula is C14H17ClN2. The van der Waals surface area contributed by atoms with Crippen molar-refractivity contribution in [1.82, 2.24) is 10.3 Å². The minimum absolute atomic E-state index is 0.778. The molecular weight excluding hydrogens is 232 g/mol. The molecule has 0 atom stereocenters. The van der Waals surface area contributed by atoms with E-state index >= 15 is 0 Å². The summed E-state index contributed by atoms with van der Waals surface area (Å²) in [6, 6.07) is 6.15. The second kappa shape index (κ2) is 5.03. The van der Waals surface area contributed by atoms with Gasteiger partial charge in [0.15, 0.2) is 0 Å². The van der Waals surface area contributed by atoms with Crippen molar-refractivity contribution in [3.63, 3.8) is 0 Å². The monoisotopic (exact) mass is 248 g/mol. The number of rotatable bonds is 3. The van der Waals surface area contributed by atoms with Crippen LogP contribution < -0.4 is 5.32 Å². The van der Waals surface area contributed by atoms with Crippen LogP contribution in [0.1, 0.15) is 16.8 Å². The summed E-state index contributed by atoms with van der Waals surface area (Å²) in [7, 11) is 1.96. The number of nitrogens with zero attached hydrogens (tertiary/aromatic N) is 1. The molecule has 17 heavy (non-hydrogen) atoms. The molecule has 0 saturated heterocycles. The molecule has 1 heterocycles. The van der Waals surface area contributed by atoms with E-state index < -0.39 is 0 Å². The van der Waals surface area contributed by atoms with Crippen LogP contribution >= 0.6 is 11.6 Å². The molecule has 0 aliphatic heterocycles. The molecule has 1 N–H and O–H groups in total. The highest BCUT2D eigenvalue weighted by Crippen LogP contribution is 2.24. The average molecular weight is 249 g/mol. The van der Waals surface area contributed by atoms with Gasteiger partial charge in [0, 0.05) is 16.1 Å². The minimum atomic E-state index is 0.778. The topological polar surface area (TPSA) is 24.9 Å². The Hall–Kier alpha value is -1.12.